The zero-order chi connectivity index (χ0) is 36.1. The van der Waals surface area contributed by atoms with Crippen LogP contribution in [0.3, 0.4) is 0 Å². The molecule has 0 aliphatic carbocycles. The number of rotatable bonds is 10. The van der Waals surface area contributed by atoms with Gasteiger partial charge < -0.3 is 10.2 Å². The Morgan fingerprint density at radius 3 is 1.12 bits per heavy atom. The van der Waals surface area contributed by atoms with Crippen molar-refractivity contribution in [3.05, 3.63) is 122 Å². The molecule has 2 aromatic heterocycles. The summed E-state index contributed by atoms with van der Waals surface area (Å²) in [5, 5.41) is 26.8. The van der Waals surface area contributed by atoms with Crippen molar-refractivity contribution in [3.8, 4) is 44.8 Å². The second kappa shape index (κ2) is 14.7. The highest BCUT2D eigenvalue weighted by Gasteiger charge is 2.17. The molecular formula is C36H32N4O8S2. The van der Waals surface area contributed by atoms with Crippen molar-refractivity contribution in [3.63, 3.8) is 0 Å². The molecular weight excluding hydrogens is 681 g/mol. The zero-order valence-electron chi connectivity index (χ0n) is 26.9. The maximum Gasteiger partial charge on any atom is 0.325 e. The van der Waals surface area contributed by atoms with Crippen LogP contribution in [-0.2, 0) is 42.4 Å². The molecule has 256 valence electrons. The van der Waals surface area contributed by atoms with Crippen molar-refractivity contribution < 1.29 is 36.6 Å². The first-order valence-corrected chi connectivity index (χ1v) is 18.8. The van der Waals surface area contributed by atoms with Crippen LogP contribution in [0.2, 0.25) is 0 Å². The number of aliphatic carboxylic acids is 2. The predicted octanol–water partition coefficient (Wildman–Crippen LogP) is 5.41. The van der Waals surface area contributed by atoms with Crippen molar-refractivity contribution in [2.75, 3.05) is 12.5 Å². The molecule has 14 heteroatoms. The van der Waals surface area contributed by atoms with Crippen LogP contribution in [0, 0.1) is 0 Å². The molecule has 2 heterocycles. The Hall–Kier alpha value is -5.86. The second-order valence-electron chi connectivity index (χ2n) is 11.3. The van der Waals surface area contributed by atoms with Crippen LogP contribution in [0.5, 0.6) is 0 Å². The summed E-state index contributed by atoms with van der Waals surface area (Å²) in [4.78, 5) is 22.4. The molecule has 2 N–H and O–H groups in total. The molecule has 0 spiro atoms. The number of benzene rings is 4. The highest BCUT2D eigenvalue weighted by Crippen LogP contribution is 2.33. The first-order chi connectivity index (χ1) is 23.7. The summed E-state index contributed by atoms with van der Waals surface area (Å²) < 4.78 is 49.2. The van der Waals surface area contributed by atoms with E-state index in [-0.39, 0.29) is 22.9 Å². The number of carboxylic acid groups (broad SMARTS) is 2. The maximum absolute atomic E-state index is 11.6. The van der Waals surface area contributed by atoms with E-state index in [2.05, 4.69) is 10.2 Å². The smallest absolute Gasteiger partial charge is 0.325 e. The summed E-state index contributed by atoms with van der Waals surface area (Å²) in [7, 11) is -6.56. The third-order valence-electron chi connectivity index (χ3n) is 7.40. The van der Waals surface area contributed by atoms with Crippen LogP contribution in [0.4, 0.5) is 0 Å². The van der Waals surface area contributed by atoms with Crippen LogP contribution >= 0.6 is 0 Å². The number of aromatic nitrogens is 4. The molecule has 6 aromatic rings. The van der Waals surface area contributed by atoms with Gasteiger partial charge in [0.2, 0.25) is 0 Å². The molecule has 0 unspecified atom stereocenters. The first-order valence-electron chi connectivity index (χ1n) is 15.0. The van der Waals surface area contributed by atoms with Crippen molar-refractivity contribution in [1.82, 2.24) is 19.6 Å². The van der Waals surface area contributed by atoms with Crippen molar-refractivity contribution in [2.24, 2.45) is 0 Å². The molecule has 0 bridgehead atoms. The molecule has 0 amide bonds. The van der Waals surface area contributed by atoms with E-state index in [4.69, 9.17) is 10.2 Å². The van der Waals surface area contributed by atoms with Crippen molar-refractivity contribution in [2.45, 2.75) is 22.9 Å². The van der Waals surface area contributed by atoms with Gasteiger partial charge in [-0.3, -0.25) is 19.0 Å². The van der Waals surface area contributed by atoms with Gasteiger partial charge in [0.25, 0.3) is 0 Å². The minimum absolute atomic E-state index is 0.225. The lowest BCUT2D eigenvalue weighted by Crippen LogP contribution is -2.08. The van der Waals surface area contributed by atoms with E-state index in [1.54, 1.807) is 36.7 Å². The number of sulfone groups is 2. The molecule has 6 rings (SSSR count). The fraction of sp³-hybridized carbons (Fsp3) is 0.111. The first kappa shape index (κ1) is 35.4. The highest BCUT2D eigenvalue weighted by molar-refractivity contribution is 7.91. The van der Waals surface area contributed by atoms with Gasteiger partial charge in [0.05, 0.1) is 9.79 Å². The molecule has 4 aromatic carbocycles. The largest absolute Gasteiger partial charge is 0.480 e. The summed E-state index contributed by atoms with van der Waals surface area (Å²) in [6.45, 7) is -0.498. The molecule has 0 atom stereocenters. The minimum atomic E-state index is -3.28. The van der Waals surface area contributed by atoms with Crippen LogP contribution in [-0.4, -0.2) is 71.1 Å². The Kier molecular flexibility index (Phi) is 10.4. The van der Waals surface area contributed by atoms with E-state index in [1.165, 1.54) is 33.6 Å². The molecule has 0 radical (unpaired) electrons. The second-order valence-corrected chi connectivity index (χ2v) is 15.3. The lowest BCUT2D eigenvalue weighted by molar-refractivity contribution is -0.138. The third-order valence-corrected chi connectivity index (χ3v) is 9.66. The molecule has 0 saturated carbocycles. The van der Waals surface area contributed by atoms with Crippen molar-refractivity contribution >= 4 is 31.6 Å². The van der Waals surface area contributed by atoms with Crippen LogP contribution in [0.25, 0.3) is 44.8 Å². The van der Waals surface area contributed by atoms with Gasteiger partial charge in [-0.1, -0.05) is 84.9 Å². The van der Waals surface area contributed by atoms with Crippen LogP contribution in [0.1, 0.15) is 0 Å². The van der Waals surface area contributed by atoms with E-state index in [0.29, 0.717) is 11.4 Å². The Balaban J connectivity index is 0.000000194. The molecule has 12 nitrogen and oxygen atoms in total. The Labute approximate surface area is 288 Å². The summed E-state index contributed by atoms with van der Waals surface area (Å²) in [6.07, 6.45) is 5.67. The molecule has 0 aliphatic rings. The monoisotopic (exact) mass is 712 g/mol. The Morgan fingerprint density at radius 2 is 0.840 bits per heavy atom. The molecule has 0 saturated heterocycles. The number of carbonyl (C=O) groups is 2. The zero-order valence-corrected chi connectivity index (χ0v) is 28.5. The van der Waals surface area contributed by atoms with Gasteiger partial charge >= 0.3 is 11.9 Å². The normalized spacial score (nSPS) is 11.4. The van der Waals surface area contributed by atoms with Gasteiger partial charge in [-0.25, -0.2) is 16.8 Å². The summed E-state index contributed by atoms with van der Waals surface area (Å²) in [6, 6.07) is 31.8. The van der Waals surface area contributed by atoms with Crippen LogP contribution in [0.15, 0.2) is 131 Å². The molecule has 50 heavy (non-hydrogen) atoms. The van der Waals surface area contributed by atoms with Gasteiger partial charge in [-0.15, -0.1) is 0 Å². The Morgan fingerprint density at radius 1 is 0.520 bits per heavy atom. The number of hydrogen-bond acceptors (Lipinski definition) is 8. The van der Waals surface area contributed by atoms with E-state index < -0.39 is 31.6 Å². The van der Waals surface area contributed by atoms with Gasteiger partial charge in [0.15, 0.2) is 19.7 Å². The fourth-order valence-electron chi connectivity index (χ4n) is 5.09. The third kappa shape index (κ3) is 8.78. The fourth-order valence-corrected chi connectivity index (χ4v) is 6.35. The van der Waals surface area contributed by atoms with E-state index >= 15 is 0 Å². The van der Waals surface area contributed by atoms with Gasteiger partial charge in [-0.05, 0) is 35.4 Å². The predicted molar refractivity (Wildman–Crippen MR) is 188 cm³/mol. The lowest BCUT2D eigenvalue weighted by Gasteiger charge is -2.04. The summed E-state index contributed by atoms with van der Waals surface area (Å²) in [5.41, 5.74) is 6.02. The number of carboxylic acids is 2. The quantitative estimate of drug-likeness (QED) is 0.187. The SMILES string of the molecule is CS(=O)(=O)c1ccc(-c2nn(CC(=O)O)cc2-c2ccccc2)cc1.CS(=O)(=O)c1ccc(-c2nn(CC(=O)O)cc2-c2ccccc2)cc1. The Bertz CT molecular complexity index is 2180. The van der Waals surface area contributed by atoms with Crippen molar-refractivity contribution in [1.29, 1.82) is 0 Å². The van der Waals surface area contributed by atoms with E-state index in [1.807, 2.05) is 60.7 Å². The van der Waals surface area contributed by atoms with Gasteiger partial charge in [-0.2, -0.15) is 10.2 Å². The summed E-state index contributed by atoms with van der Waals surface area (Å²) in [5.74, 6) is -1.97. The molecule has 0 aliphatic heterocycles. The van der Waals surface area contributed by atoms with Crippen LogP contribution < -0.4 is 0 Å². The highest BCUT2D eigenvalue weighted by atomic mass is 32.2. The van der Waals surface area contributed by atoms with E-state index in [0.717, 1.165) is 45.9 Å². The average Bonchev–Trinajstić information content (AvgIpc) is 3.69. The minimum Gasteiger partial charge on any atom is -0.480 e. The van der Waals surface area contributed by atoms with Gasteiger partial charge in [0, 0.05) is 47.2 Å². The topological polar surface area (TPSA) is 179 Å². The van der Waals surface area contributed by atoms with Gasteiger partial charge in [0.1, 0.15) is 24.5 Å². The lowest BCUT2D eigenvalue weighted by atomic mass is 10.0. The van der Waals surface area contributed by atoms with E-state index in [9.17, 15) is 26.4 Å². The standard InChI is InChI=1S/2C18H16N2O4S/c2*1-25(23,24)15-9-7-14(8-10-15)18-16(13-5-3-2-4-6-13)11-20(19-18)12-17(21)22/h2*2-11H,12H2,1H3,(H,21,22). The molecule has 0 fully saturated rings. The number of nitrogens with zero attached hydrogens (tertiary/aromatic N) is 4. The maximum atomic E-state index is 11.6. The average molecular weight is 713 g/mol. The number of hydrogen-bond donors (Lipinski definition) is 2. The summed E-state index contributed by atoms with van der Waals surface area (Å²) >= 11 is 0.